The third-order valence-electron chi connectivity index (χ3n) is 11.2. The first-order valence-corrected chi connectivity index (χ1v) is 20.4. The zero-order chi connectivity index (χ0) is 43.5. The first-order valence-electron chi connectivity index (χ1n) is 19.6. The number of rotatable bonds is 14. The van der Waals surface area contributed by atoms with Crippen LogP contribution >= 0.6 is 23.8 Å². The Morgan fingerprint density at radius 3 is 2.47 bits per heavy atom. The van der Waals surface area contributed by atoms with Crippen molar-refractivity contribution in [3.05, 3.63) is 87.4 Å². The number of piperazine rings is 1. The third-order valence-corrected chi connectivity index (χ3v) is 11.8. The molecule has 0 radical (unpaired) electrons. The molecule has 1 N–H and O–H groups in total. The molecule has 3 aromatic rings. The molecule has 3 aliphatic rings. The highest BCUT2D eigenvalue weighted by atomic mass is 35.5. The van der Waals surface area contributed by atoms with Crippen LogP contribution in [0, 0.1) is 17.2 Å². The number of imide groups is 1. The molecule has 3 fully saturated rings. The molecule has 11 nitrogen and oxygen atoms in total. The number of nitrogens with one attached hydrogen (secondary N) is 1. The number of nitrogens with zero attached hydrogens (tertiary/aromatic N) is 5. The number of ketones is 1. The van der Waals surface area contributed by atoms with Crippen LogP contribution in [-0.2, 0) is 44.6 Å². The molecule has 0 saturated carbocycles. The number of nitriles is 1. The fourth-order valence-electron chi connectivity index (χ4n) is 8.06. The second-order valence-electron chi connectivity index (χ2n) is 15.9. The van der Waals surface area contributed by atoms with Gasteiger partial charge < -0.3 is 9.64 Å². The molecule has 3 aromatic carbocycles. The van der Waals surface area contributed by atoms with Crippen LogP contribution < -0.4 is 19.9 Å². The Morgan fingerprint density at radius 1 is 1.05 bits per heavy atom. The molecule has 0 aliphatic carbocycles. The Balaban J connectivity index is 1.03. The lowest BCUT2D eigenvalue weighted by molar-refractivity contribution is -0.138. The summed E-state index contributed by atoms with van der Waals surface area (Å²) in [6.07, 6.45) is -3.44. The van der Waals surface area contributed by atoms with Gasteiger partial charge in [-0.15, -0.1) is 0 Å². The van der Waals surface area contributed by atoms with E-state index in [1.807, 2.05) is 6.07 Å². The van der Waals surface area contributed by atoms with Gasteiger partial charge in [0.2, 0.25) is 11.8 Å². The molecule has 2 atom stereocenters. The Kier molecular flexibility index (Phi) is 13.6. The molecule has 3 saturated heterocycles. The Bertz CT molecular complexity index is 2230. The lowest BCUT2D eigenvalue weighted by Gasteiger charge is -2.39. The van der Waals surface area contributed by atoms with Gasteiger partial charge in [0.15, 0.2) is 10.9 Å². The van der Waals surface area contributed by atoms with E-state index in [1.165, 1.54) is 17.0 Å². The normalized spacial score (nSPS) is 20.1. The van der Waals surface area contributed by atoms with Crippen molar-refractivity contribution in [3.8, 4) is 11.8 Å². The summed E-state index contributed by atoms with van der Waals surface area (Å²) in [4.78, 5) is 57.6. The summed E-state index contributed by atoms with van der Waals surface area (Å²) in [5, 5.41) is 12.0. The second-order valence-corrected chi connectivity index (χ2v) is 16.7. The predicted octanol–water partition coefficient (Wildman–Crippen LogP) is 6.45. The van der Waals surface area contributed by atoms with E-state index in [4.69, 9.17) is 28.6 Å². The highest BCUT2D eigenvalue weighted by Crippen LogP contribution is 2.40. The van der Waals surface area contributed by atoms with Gasteiger partial charge in [0.1, 0.15) is 17.9 Å². The van der Waals surface area contributed by atoms with Crippen LogP contribution in [0.2, 0.25) is 5.02 Å². The number of benzene rings is 3. The van der Waals surface area contributed by atoms with Crippen molar-refractivity contribution in [2.75, 3.05) is 55.8 Å². The number of hydrogen-bond acceptors (Lipinski definition) is 9. The zero-order valence-corrected chi connectivity index (χ0v) is 35.0. The number of hydrogen-bond donors (Lipinski definition) is 1. The van der Waals surface area contributed by atoms with Crippen molar-refractivity contribution in [1.82, 2.24) is 15.1 Å². The van der Waals surface area contributed by atoms with Crippen molar-refractivity contribution in [1.29, 1.82) is 5.26 Å². The Hall–Kier alpha value is -4.95. The van der Waals surface area contributed by atoms with E-state index < -0.39 is 35.4 Å². The maximum absolute atomic E-state index is 13.9. The van der Waals surface area contributed by atoms with E-state index in [9.17, 15) is 42.0 Å². The number of alkyl halides is 4. The number of piperidine rings is 1. The number of halogens is 5. The monoisotopic (exact) mass is 868 g/mol. The van der Waals surface area contributed by atoms with Crippen molar-refractivity contribution in [2.24, 2.45) is 5.92 Å². The highest BCUT2D eigenvalue weighted by molar-refractivity contribution is 7.81. The van der Waals surface area contributed by atoms with Gasteiger partial charge in [-0.1, -0.05) is 17.7 Å². The minimum Gasteiger partial charge on any atom is -0.492 e. The van der Waals surface area contributed by atoms with Gasteiger partial charge in [0.05, 0.1) is 36.1 Å². The maximum Gasteiger partial charge on any atom is 0.417 e. The SMILES string of the molecule is C[C@@H]1CN(CCOc2ccc(N3C(=S)N(c4ccc(C#N)c(C(F)(F)F)c4)C(=O)C3(C)C)cc2CCF)CCN1CC(=O)Cc1cc(Cl)cc(CC2CCC(=O)NC2=O)c1. The van der Waals surface area contributed by atoms with Crippen LogP contribution in [0.5, 0.6) is 5.75 Å². The van der Waals surface area contributed by atoms with Crippen molar-refractivity contribution >= 4 is 63.8 Å². The van der Waals surface area contributed by atoms with Crippen LogP contribution in [0.4, 0.5) is 28.9 Å². The van der Waals surface area contributed by atoms with Gasteiger partial charge in [0, 0.05) is 68.1 Å². The lowest BCUT2D eigenvalue weighted by Crippen LogP contribution is -2.53. The van der Waals surface area contributed by atoms with Gasteiger partial charge in [-0.05, 0) is 111 Å². The predicted molar refractivity (Wildman–Crippen MR) is 222 cm³/mol. The Labute approximate surface area is 356 Å². The molecule has 0 aromatic heterocycles. The van der Waals surface area contributed by atoms with Crippen LogP contribution in [0.15, 0.2) is 54.6 Å². The van der Waals surface area contributed by atoms with Crippen molar-refractivity contribution in [3.63, 3.8) is 0 Å². The number of amides is 3. The quantitative estimate of drug-likeness (QED) is 0.110. The van der Waals surface area contributed by atoms with Crippen molar-refractivity contribution in [2.45, 2.75) is 70.6 Å². The molecule has 0 bridgehead atoms. The van der Waals surface area contributed by atoms with Crippen LogP contribution in [-0.4, -0.2) is 96.0 Å². The lowest BCUT2D eigenvalue weighted by atomic mass is 9.90. The molecule has 3 aliphatic heterocycles. The average Bonchev–Trinajstić information content (AvgIpc) is 3.35. The number of carbonyl (C=O) groups excluding carboxylic acids is 4. The van der Waals surface area contributed by atoms with E-state index >= 15 is 0 Å². The number of Topliss-reactive ketones (excluding diaryl/α,β-unsaturated/α-hetero) is 1. The molecular formula is C43H45ClF4N6O5S. The van der Waals surface area contributed by atoms with E-state index in [0.717, 1.165) is 28.2 Å². The minimum atomic E-state index is -4.83. The van der Waals surface area contributed by atoms with E-state index in [1.54, 1.807) is 44.2 Å². The van der Waals surface area contributed by atoms with Crippen molar-refractivity contribution < 1.29 is 41.5 Å². The molecular weight excluding hydrogens is 824 g/mol. The summed E-state index contributed by atoms with van der Waals surface area (Å²) < 4.78 is 61.4. The largest absolute Gasteiger partial charge is 0.492 e. The van der Waals surface area contributed by atoms with Gasteiger partial charge >= 0.3 is 6.18 Å². The molecule has 3 amide bonds. The fraction of sp³-hybridized carbons (Fsp3) is 0.442. The standard InChI is InChI=1S/C43H45ClF4N6O5S/c1-26-24-51(12-13-52(26)25-35(55)20-28-16-27(18-32(44)19-28)17-30-5-9-38(56)50-39(30)57)14-15-59-37-8-7-34(21-29(37)10-11-45)54-41(60)53(40(58)42(54,2)3)33-6-4-31(23-49)36(22-33)43(46,47)48/h4,6-8,16,18-19,21-22,26,30H,5,9-15,17,20,24-25H2,1-3H3,(H,50,56,57)/t26-,30?/m1/s1. The number of thiocarbonyl (C=S) groups is 1. The van der Waals surface area contributed by atoms with E-state index in [0.29, 0.717) is 74.1 Å². The number of carbonyl (C=O) groups is 4. The molecule has 1 unspecified atom stereocenters. The molecule has 17 heteroatoms. The molecule has 60 heavy (non-hydrogen) atoms. The first kappa shape index (κ1) is 44.6. The minimum absolute atomic E-state index is 0.00645. The van der Waals surface area contributed by atoms with Gasteiger partial charge in [-0.3, -0.25) is 43.6 Å². The fourth-order valence-corrected chi connectivity index (χ4v) is 8.86. The summed E-state index contributed by atoms with van der Waals surface area (Å²) in [6, 6.07) is 15.0. The Morgan fingerprint density at radius 2 is 1.78 bits per heavy atom. The molecule has 0 spiro atoms. The van der Waals surface area contributed by atoms with Gasteiger partial charge in [0.25, 0.3) is 5.91 Å². The van der Waals surface area contributed by atoms with E-state index in [2.05, 4.69) is 22.0 Å². The third kappa shape index (κ3) is 9.97. The molecule has 3 heterocycles. The second kappa shape index (κ2) is 18.3. The summed E-state index contributed by atoms with van der Waals surface area (Å²) in [5.41, 5.74) is -0.642. The van der Waals surface area contributed by atoms with Gasteiger partial charge in [-0.25, -0.2) is 0 Å². The first-order chi connectivity index (χ1) is 28.4. The maximum atomic E-state index is 13.9. The average molecular weight is 869 g/mol. The topological polar surface area (TPSA) is 126 Å². The summed E-state index contributed by atoms with van der Waals surface area (Å²) in [5.74, 6) is -0.975. The summed E-state index contributed by atoms with van der Waals surface area (Å²) in [7, 11) is 0. The number of aryl methyl sites for hydroxylation is 1. The van der Waals surface area contributed by atoms with E-state index in [-0.39, 0.29) is 59.7 Å². The number of ether oxygens (including phenoxy) is 1. The molecule has 318 valence electrons. The molecule has 6 rings (SSSR count). The summed E-state index contributed by atoms with van der Waals surface area (Å²) >= 11 is 12.1. The smallest absolute Gasteiger partial charge is 0.417 e. The van der Waals surface area contributed by atoms with Crippen LogP contribution in [0.25, 0.3) is 0 Å². The van der Waals surface area contributed by atoms with Crippen LogP contribution in [0.1, 0.15) is 61.4 Å². The van der Waals surface area contributed by atoms with Gasteiger partial charge in [-0.2, -0.15) is 18.4 Å². The highest BCUT2D eigenvalue weighted by Gasteiger charge is 2.51. The van der Waals surface area contributed by atoms with Crippen LogP contribution in [0.3, 0.4) is 0 Å². The zero-order valence-electron chi connectivity index (χ0n) is 33.4. The summed E-state index contributed by atoms with van der Waals surface area (Å²) in [6.45, 7) is 7.72. The number of anilines is 2.